The number of rotatable bonds is 2. The second-order valence-electron chi connectivity index (χ2n) is 5.56. The maximum absolute atomic E-state index is 12.5. The fourth-order valence-corrected chi connectivity index (χ4v) is 2.86. The number of ether oxygens (including phenoxy) is 1. The molecule has 5 nitrogen and oxygen atoms in total. The topological polar surface area (TPSA) is 49.9 Å². The zero-order chi connectivity index (χ0) is 15.5. The highest BCUT2D eigenvalue weighted by atomic mass is 16.5. The van der Waals surface area contributed by atoms with Gasteiger partial charge in [-0.15, -0.1) is 12.3 Å². The van der Waals surface area contributed by atoms with E-state index in [0.717, 1.165) is 12.8 Å². The molecule has 1 aromatic carbocycles. The molecule has 1 fully saturated rings. The normalized spacial score (nSPS) is 18.4. The molecule has 0 aliphatic carbocycles. The maximum Gasteiger partial charge on any atom is 0.265 e. The van der Waals surface area contributed by atoms with E-state index < -0.39 is 0 Å². The Balaban J connectivity index is 1.69. The van der Waals surface area contributed by atoms with Crippen LogP contribution in [0.4, 0.5) is 5.69 Å². The molecule has 0 saturated carbocycles. The minimum Gasteiger partial charge on any atom is -0.482 e. The van der Waals surface area contributed by atoms with Crippen molar-refractivity contribution in [1.29, 1.82) is 0 Å². The average molecular weight is 298 g/mol. The Labute approximate surface area is 129 Å². The molecule has 0 bridgehead atoms. The highest BCUT2D eigenvalue weighted by molar-refractivity contribution is 6.02. The molecule has 0 atom stereocenters. The summed E-state index contributed by atoms with van der Waals surface area (Å²) in [6.07, 6.45) is 7.08. The quantitative estimate of drug-likeness (QED) is 0.773. The molecule has 0 spiro atoms. The molecule has 0 unspecified atom stereocenters. The van der Waals surface area contributed by atoms with Gasteiger partial charge in [-0.25, -0.2) is 0 Å². The van der Waals surface area contributed by atoms with Gasteiger partial charge in [0.2, 0.25) is 5.91 Å². The molecule has 114 valence electrons. The van der Waals surface area contributed by atoms with Crippen molar-refractivity contribution in [2.75, 3.05) is 31.1 Å². The first kappa shape index (κ1) is 14.5. The summed E-state index contributed by atoms with van der Waals surface area (Å²) >= 11 is 0. The third-order valence-electron chi connectivity index (χ3n) is 4.18. The number of para-hydroxylation sites is 2. The van der Waals surface area contributed by atoms with E-state index in [1.165, 1.54) is 4.90 Å². The van der Waals surface area contributed by atoms with E-state index in [2.05, 4.69) is 5.92 Å². The lowest BCUT2D eigenvalue weighted by atomic mass is 9.98. The van der Waals surface area contributed by atoms with Crippen LogP contribution in [-0.2, 0) is 9.59 Å². The standard InChI is InChI=1S/C17H18N2O3/c1-2-13-7-9-18(10-8-13)16(20)11-19-14-5-3-4-6-15(14)22-12-17(19)21/h1,3-6,13H,7-12H2. The minimum absolute atomic E-state index is 0.0243. The fraction of sp³-hybridized carbons (Fsp3) is 0.412. The molecule has 0 N–H and O–H groups in total. The van der Waals surface area contributed by atoms with E-state index in [9.17, 15) is 9.59 Å². The van der Waals surface area contributed by atoms with Crippen LogP contribution in [-0.4, -0.2) is 43.0 Å². The van der Waals surface area contributed by atoms with Crippen LogP contribution in [0.25, 0.3) is 0 Å². The molecule has 1 saturated heterocycles. The number of fused-ring (bicyclic) bond motifs is 1. The first-order valence-corrected chi connectivity index (χ1v) is 7.45. The molecule has 0 radical (unpaired) electrons. The van der Waals surface area contributed by atoms with Gasteiger partial charge in [0, 0.05) is 19.0 Å². The number of hydrogen-bond acceptors (Lipinski definition) is 3. The number of nitrogens with zero attached hydrogens (tertiary/aromatic N) is 2. The van der Waals surface area contributed by atoms with E-state index in [-0.39, 0.29) is 30.9 Å². The number of terminal acetylenes is 1. The summed E-state index contributed by atoms with van der Waals surface area (Å²) < 4.78 is 5.38. The number of anilines is 1. The van der Waals surface area contributed by atoms with Crippen molar-refractivity contribution in [1.82, 2.24) is 4.90 Å². The van der Waals surface area contributed by atoms with E-state index in [4.69, 9.17) is 11.2 Å². The molecular formula is C17H18N2O3. The Bertz CT molecular complexity index is 627. The highest BCUT2D eigenvalue weighted by Crippen LogP contribution is 2.31. The Morgan fingerprint density at radius 3 is 2.77 bits per heavy atom. The Morgan fingerprint density at radius 1 is 1.32 bits per heavy atom. The van der Waals surface area contributed by atoms with Gasteiger partial charge in [-0.3, -0.25) is 14.5 Å². The Kier molecular flexibility index (Phi) is 4.01. The molecule has 2 heterocycles. The summed E-state index contributed by atoms with van der Waals surface area (Å²) in [6.45, 7) is 1.35. The van der Waals surface area contributed by atoms with Gasteiger partial charge in [-0.2, -0.15) is 0 Å². The summed E-state index contributed by atoms with van der Waals surface area (Å²) in [7, 11) is 0. The molecular weight excluding hydrogens is 280 g/mol. The third-order valence-corrected chi connectivity index (χ3v) is 4.18. The van der Waals surface area contributed by atoms with E-state index in [0.29, 0.717) is 24.5 Å². The van der Waals surface area contributed by atoms with Crippen LogP contribution in [0.2, 0.25) is 0 Å². The van der Waals surface area contributed by atoms with Crippen molar-refractivity contribution in [3.63, 3.8) is 0 Å². The predicted octanol–water partition coefficient (Wildman–Crippen LogP) is 1.28. The van der Waals surface area contributed by atoms with Gasteiger partial charge in [0.1, 0.15) is 12.3 Å². The van der Waals surface area contributed by atoms with Crippen LogP contribution in [0.3, 0.4) is 0 Å². The second-order valence-corrected chi connectivity index (χ2v) is 5.56. The second kappa shape index (κ2) is 6.10. The predicted molar refractivity (Wildman–Crippen MR) is 82.4 cm³/mol. The lowest BCUT2D eigenvalue weighted by molar-refractivity contribution is -0.133. The van der Waals surface area contributed by atoms with Gasteiger partial charge in [-0.05, 0) is 25.0 Å². The molecule has 3 rings (SSSR count). The lowest BCUT2D eigenvalue weighted by Gasteiger charge is -2.33. The highest BCUT2D eigenvalue weighted by Gasteiger charge is 2.29. The van der Waals surface area contributed by atoms with Crippen LogP contribution in [0.15, 0.2) is 24.3 Å². The molecule has 2 aliphatic rings. The molecule has 22 heavy (non-hydrogen) atoms. The van der Waals surface area contributed by atoms with Crippen molar-refractivity contribution in [2.45, 2.75) is 12.8 Å². The van der Waals surface area contributed by atoms with Crippen LogP contribution >= 0.6 is 0 Å². The zero-order valence-electron chi connectivity index (χ0n) is 12.3. The third kappa shape index (κ3) is 2.77. The minimum atomic E-state index is -0.189. The number of benzene rings is 1. The number of hydrogen-bond donors (Lipinski definition) is 0. The number of piperidine rings is 1. The molecule has 2 amide bonds. The summed E-state index contributed by atoms with van der Waals surface area (Å²) in [5.41, 5.74) is 0.658. The van der Waals surface area contributed by atoms with Gasteiger partial charge in [0.25, 0.3) is 5.91 Å². The number of carbonyl (C=O) groups is 2. The van der Waals surface area contributed by atoms with Crippen molar-refractivity contribution in [3.8, 4) is 18.1 Å². The summed E-state index contributed by atoms with van der Waals surface area (Å²) in [5, 5.41) is 0. The van der Waals surface area contributed by atoms with Crippen molar-refractivity contribution >= 4 is 17.5 Å². The summed E-state index contributed by atoms with van der Waals surface area (Å²) in [5.74, 6) is 3.41. The maximum atomic E-state index is 12.5. The Hall–Kier alpha value is -2.48. The molecule has 5 heteroatoms. The van der Waals surface area contributed by atoms with Crippen LogP contribution in [0.1, 0.15) is 12.8 Å². The monoisotopic (exact) mass is 298 g/mol. The van der Waals surface area contributed by atoms with Gasteiger partial charge in [-0.1, -0.05) is 12.1 Å². The van der Waals surface area contributed by atoms with E-state index >= 15 is 0 Å². The van der Waals surface area contributed by atoms with Crippen molar-refractivity contribution in [3.05, 3.63) is 24.3 Å². The van der Waals surface area contributed by atoms with Crippen LogP contribution < -0.4 is 9.64 Å². The lowest BCUT2D eigenvalue weighted by Crippen LogP contribution is -2.48. The number of amides is 2. The zero-order valence-corrected chi connectivity index (χ0v) is 12.3. The van der Waals surface area contributed by atoms with E-state index in [1.54, 1.807) is 17.0 Å². The first-order chi connectivity index (χ1) is 10.7. The number of carbonyl (C=O) groups excluding carboxylic acids is 2. The van der Waals surface area contributed by atoms with Gasteiger partial charge >= 0.3 is 0 Å². The average Bonchev–Trinajstić information content (AvgIpc) is 2.57. The van der Waals surface area contributed by atoms with Gasteiger partial charge in [0.05, 0.1) is 5.69 Å². The van der Waals surface area contributed by atoms with Gasteiger partial charge < -0.3 is 9.64 Å². The first-order valence-electron chi connectivity index (χ1n) is 7.45. The summed E-state index contributed by atoms with van der Waals surface area (Å²) in [4.78, 5) is 27.8. The largest absolute Gasteiger partial charge is 0.482 e. The summed E-state index contributed by atoms with van der Waals surface area (Å²) in [6, 6.07) is 7.28. The Morgan fingerprint density at radius 2 is 2.05 bits per heavy atom. The molecule has 1 aromatic rings. The smallest absolute Gasteiger partial charge is 0.265 e. The van der Waals surface area contributed by atoms with E-state index in [1.807, 2.05) is 12.1 Å². The van der Waals surface area contributed by atoms with Crippen molar-refractivity contribution in [2.24, 2.45) is 5.92 Å². The fourth-order valence-electron chi connectivity index (χ4n) is 2.86. The van der Waals surface area contributed by atoms with Crippen LogP contribution in [0, 0.1) is 18.3 Å². The van der Waals surface area contributed by atoms with Gasteiger partial charge in [0.15, 0.2) is 6.61 Å². The molecule has 0 aromatic heterocycles. The SMILES string of the molecule is C#CC1CCN(C(=O)CN2C(=O)COc3ccccc32)CC1. The molecule has 2 aliphatic heterocycles. The number of likely N-dealkylation sites (tertiary alicyclic amines) is 1. The van der Waals surface area contributed by atoms with Crippen LogP contribution in [0.5, 0.6) is 5.75 Å². The van der Waals surface area contributed by atoms with Crippen molar-refractivity contribution < 1.29 is 14.3 Å².